The molecule has 0 unspecified atom stereocenters. The van der Waals surface area contributed by atoms with Crippen LogP contribution < -0.4 is 5.73 Å². The molecule has 4 N–H and O–H groups in total. The summed E-state index contributed by atoms with van der Waals surface area (Å²) in [6.45, 7) is 7.96. The fourth-order valence-electron chi connectivity index (χ4n) is 5.37. The van der Waals surface area contributed by atoms with Gasteiger partial charge >= 0.3 is 17.9 Å². The average molecular weight is 802 g/mol. The van der Waals surface area contributed by atoms with Crippen molar-refractivity contribution in [2.24, 2.45) is 10.9 Å². The summed E-state index contributed by atoms with van der Waals surface area (Å²) < 4.78 is 25.9. The number of carbonyl (C=O) groups excluding carboxylic acids is 2. The number of hydrogen-bond donors (Lipinski definition) is 3. The monoisotopic (exact) mass is 800 g/mol. The number of esters is 2. The van der Waals surface area contributed by atoms with E-state index >= 15 is 0 Å². The third kappa shape index (κ3) is 8.67. The van der Waals surface area contributed by atoms with Gasteiger partial charge in [-0.1, -0.05) is 57.8 Å². The van der Waals surface area contributed by atoms with E-state index in [0.29, 0.717) is 33.5 Å². The largest absolute Gasteiger partial charge is 0.478 e. The first kappa shape index (κ1) is 40.5. The van der Waals surface area contributed by atoms with Gasteiger partial charge in [0.25, 0.3) is 5.89 Å². The third-order valence-corrected chi connectivity index (χ3v) is 9.07. The van der Waals surface area contributed by atoms with Crippen molar-refractivity contribution in [2.75, 3.05) is 14.2 Å². The zero-order valence-electron chi connectivity index (χ0n) is 30.8. The molecule has 0 saturated heterocycles. The average Bonchev–Trinajstić information content (AvgIpc) is 3.97. The van der Waals surface area contributed by atoms with Crippen molar-refractivity contribution in [1.82, 2.24) is 10.1 Å². The minimum atomic E-state index is -1.13. The Bertz CT molecular complexity index is 2560. The molecule has 0 aliphatic rings. The van der Waals surface area contributed by atoms with E-state index in [4.69, 9.17) is 52.6 Å². The lowest BCUT2D eigenvalue weighted by Crippen LogP contribution is -2.11. The first-order valence-corrected chi connectivity index (χ1v) is 17.2. The smallest absolute Gasteiger partial charge is 0.337 e. The van der Waals surface area contributed by atoms with Crippen LogP contribution in [0.25, 0.3) is 45.0 Å². The standard InChI is InChI=1S/C20H15ClN2O4.C11H12N2O2.C9H7ClO4/c1-10-4-5-11(2)17-14(10)9-16(26-17)18-22-19(27-23-18)13-7-6-12(8-15(13)21)20(24)25-3;1-6-3-4-7(2)10-8(6)5-9(15-10)11(12)13-14;1-14-9(13)5-2-3-6(8(11)12)7(10)4-5/h4-9H,1-3H3;3-5,14H,1-2H3,(H2,12,13);2-4H,1H3,(H,11,12). The number of hydrogen-bond acceptors (Lipinski definition) is 12. The number of fused-ring (bicyclic) bond motifs is 2. The number of nitrogens with zero attached hydrogens (tertiary/aromatic N) is 3. The van der Waals surface area contributed by atoms with E-state index in [-0.39, 0.29) is 27.9 Å². The maximum atomic E-state index is 11.6. The highest BCUT2D eigenvalue weighted by atomic mass is 35.5. The Morgan fingerprint density at radius 2 is 1.27 bits per heavy atom. The molecule has 56 heavy (non-hydrogen) atoms. The van der Waals surface area contributed by atoms with Crippen molar-refractivity contribution in [3.8, 4) is 23.0 Å². The normalized spacial score (nSPS) is 11.0. The summed E-state index contributed by atoms with van der Waals surface area (Å²) >= 11 is 11.9. The zero-order valence-corrected chi connectivity index (χ0v) is 32.3. The summed E-state index contributed by atoms with van der Waals surface area (Å²) in [5.74, 6) is -0.694. The van der Waals surface area contributed by atoms with Crippen molar-refractivity contribution in [2.45, 2.75) is 27.7 Å². The number of carboxylic acid groups (broad SMARTS) is 1. The fourth-order valence-corrected chi connectivity index (χ4v) is 5.89. The lowest BCUT2D eigenvalue weighted by molar-refractivity contribution is 0.0591. The van der Waals surface area contributed by atoms with Crippen molar-refractivity contribution >= 4 is 68.9 Å². The van der Waals surface area contributed by atoms with Gasteiger partial charge in [-0.25, -0.2) is 14.4 Å². The van der Waals surface area contributed by atoms with E-state index in [9.17, 15) is 14.4 Å². The molecule has 4 aromatic carbocycles. The second-order valence-electron chi connectivity index (χ2n) is 12.2. The molecule has 0 radical (unpaired) electrons. The van der Waals surface area contributed by atoms with Crippen molar-refractivity contribution in [1.29, 1.82) is 0 Å². The molecule has 3 aromatic heterocycles. The summed E-state index contributed by atoms with van der Waals surface area (Å²) in [6.07, 6.45) is 0. The van der Waals surface area contributed by atoms with Crippen molar-refractivity contribution < 1.29 is 47.5 Å². The van der Waals surface area contributed by atoms with Gasteiger partial charge in [-0.15, -0.1) is 0 Å². The highest BCUT2D eigenvalue weighted by Crippen LogP contribution is 2.33. The quantitative estimate of drug-likeness (QED) is 0.0471. The molecule has 0 aliphatic heterocycles. The van der Waals surface area contributed by atoms with Crippen molar-refractivity contribution in [3.63, 3.8) is 0 Å². The van der Waals surface area contributed by atoms with Crippen LogP contribution in [-0.4, -0.2) is 58.4 Å². The van der Waals surface area contributed by atoms with Crippen LogP contribution >= 0.6 is 23.2 Å². The topological polar surface area (TPSA) is 214 Å². The highest BCUT2D eigenvalue weighted by Gasteiger charge is 2.19. The minimum Gasteiger partial charge on any atom is -0.478 e. The van der Waals surface area contributed by atoms with Gasteiger partial charge in [0.1, 0.15) is 11.2 Å². The van der Waals surface area contributed by atoms with Crippen LogP contribution in [-0.2, 0) is 9.47 Å². The number of methoxy groups -OCH3 is 2. The number of amidine groups is 1. The molecule has 7 aromatic rings. The maximum absolute atomic E-state index is 11.6. The lowest BCUT2D eigenvalue weighted by Gasteiger charge is -2.02. The third-order valence-electron chi connectivity index (χ3n) is 8.44. The number of aryl methyl sites for hydroxylation is 4. The number of halogens is 2. The van der Waals surface area contributed by atoms with Gasteiger partial charge in [0.15, 0.2) is 11.5 Å². The molecule has 14 nitrogen and oxygen atoms in total. The van der Waals surface area contributed by atoms with Gasteiger partial charge in [0, 0.05) is 10.8 Å². The molecule has 3 heterocycles. The summed E-state index contributed by atoms with van der Waals surface area (Å²) in [5.41, 5.74) is 12.4. The molecule has 0 aliphatic carbocycles. The van der Waals surface area contributed by atoms with Crippen molar-refractivity contribution in [3.05, 3.63) is 128 Å². The number of oxime groups is 1. The summed E-state index contributed by atoms with van der Waals surface area (Å²) in [4.78, 5) is 37.6. The van der Waals surface area contributed by atoms with Gasteiger partial charge in [0.2, 0.25) is 11.7 Å². The number of aromatic nitrogens is 2. The minimum absolute atomic E-state index is 0.00926. The van der Waals surface area contributed by atoms with Gasteiger partial charge in [-0.2, -0.15) is 4.98 Å². The van der Waals surface area contributed by atoms with Crippen LogP contribution in [0.15, 0.2) is 91.3 Å². The Morgan fingerprint density at radius 3 is 1.77 bits per heavy atom. The zero-order chi connectivity index (χ0) is 40.8. The molecule has 0 bridgehead atoms. The first-order valence-electron chi connectivity index (χ1n) is 16.5. The SMILES string of the molecule is COC(=O)c1ccc(-c2nc(-c3cc4c(C)ccc(C)c4o3)no2)c(Cl)c1.COC(=O)c1ccc(C(=O)O)c(Cl)c1.Cc1ccc(C)c2oc(/C(N)=N\O)cc12. The molecular formula is C40H34Cl2N4O10. The molecule has 7 rings (SSSR count). The Morgan fingerprint density at radius 1 is 0.732 bits per heavy atom. The highest BCUT2D eigenvalue weighted by molar-refractivity contribution is 6.34. The number of nitrogens with two attached hydrogens (primary N) is 1. The van der Waals surface area contributed by atoms with E-state index in [2.05, 4.69) is 24.8 Å². The molecule has 0 fully saturated rings. The lowest BCUT2D eigenvalue weighted by atomic mass is 10.1. The molecule has 0 atom stereocenters. The molecule has 0 saturated carbocycles. The van der Waals surface area contributed by atoms with Gasteiger partial charge in [-0.3, -0.25) is 0 Å². The number of carboxylic acids is 1. The van der Waals surface area contributed by atoms with Crippen LogP contribution in [0.5, 0.6) is 0 Å². The van der Waals surface area contributed by atoms with E-state index < -0.39 is 17.9 Å². The summed E-state index contributed by atoms with van der Waals surface area (Å²) in [5, 5.41) is 26.5. The van der Waals surface area contributed by atoms with Gasteiger partial charge < -0.3 is 38.9 Å². The Labute approximate surface area is 329 Å². The van der Waals surface area contributed by atoms with E-state index in [1.165, 1.54) is 38.5 Å². The summed E-state index contributed by atoms with van der Waals surface area (Å²) in [7, 11) is 2.55. The molecule has 16 heteroatoms. The molecular weight excluding hydrogens is 767 g/mol. The number of furan rings is 2. The first-order chi connectivity index (χ1) is 26.7. The second kappa shape index (κ2) is 17.2. The second-order valence-corrected chi connectivity index (χ2v) is 13.0. The van der Waals surface area contributed by atoms with Gasteiger partial charge in [-0.05, 0) is 98.5 Å². The van der Waals surface area contributed by atoms with Crippen LogP contribution in [0.2, 0.25) is 10.0 Å². The van der Waals surface area contributed by atoms with Gasteiger partial charge in [0.05, 0.1) is 46.5 Å². The molecule has 0 amide bonds. The molecule has 0 spiro atoms. The van der Waals surface area contributed by atoms with Crippen LogP contribution in [0, 0.1) is 27.7 Å². The Balaban J connectivity index is 0.000000176. The maximum Gasteiger partial charge on any atom is 0.337 e. The Kier molecular flexibility index (Phi) is 12.5. The number of benzene rings is 4. The van der Waals surface area contributed by atoms with E-state index in [0.717, 1.165) is 44.2 Å². The van der Waals surface area contributed by atoms with E-state index in [1.54, 1.807) is 18.2 Å². The predicted octanol–water partition coefficient (Wildman–Crippen LogP) is 9.18. The number of aromatic carboxylic acids is 1. The molecule has 288 valence electrons. The Hall–Kier alpha value is -6.64. The number of rotatable bonds is 6. The predicted molar refractivity (Wildman–Crippen MR) is 209 cm³/mol. The van der Waals surface area contributed by atoms with Crippen LogP contribution in [0.4, 0.5) is 0 Å². The van der Waals surface area contributed by atoms with E-state index in [1.807, 2.05) is 58.0 Å². The number of ether oxygens (including phenoxy) is 2. The van der Waals surface area contributed by atoms with Crippen LogP contribution in [0.3, 0.4) is 0 Å². The number of carbonyl (C=O) groups is 3. The van der Waals surface area contributed by atoms with Crippen LogP contribution in [0.1, 0.15) is 59.1 Å². The fraction of sp³-hybridized carbons (Fsp3) is 0.150. The summed E-state index contributed by atoms with van der Waals surface area (Å²) in [6, 6.07) is 20.3.